The second-order valence-corrected chi connectivity index (χ2v) is 5.76. The van der Waals surface area contributed by atoms with Crippen LogP contribution in [0.1, 0.15) is 26.7 Å². The number of esters is 1. The Bertz CT molecular complexity index is 311. The van der Waals surface area contributed by atoms with Gasteiger partial charge in [-0.15, -0.1) is 0 Å². The molecule has 5 nitrogen and oxygen atoms in total. The van der Waals surface area contributed by atoms with E-state index in [1.165, 1.54) is 26.5 Å². The molecule has 0 aromatic carbocycles. The summed E-state index contributed by atoms with van der Waals surface area (Å²) in [5.74, 6) is -0.294. The third-order valence-corrected chi connectivity index (χ3v) is 4.45. The van der Waals surface area contributed by atoms with Crippen LogP contribution in [0, 0.1) is 5.92 Å². The quantitative estimate of drug-likeness (QED) is 0.743. The molecule has 0 aromatic rings. The molecule has 2 fully saturated rings. The van der Waals surface area contributed by atoms with Crippen LogP contribution in [0.15, 0.2) is 0 Å². The lowest BCUT2D eigenvalue weighted by atomic mass is 10.0. The SMILES string of the molecule is COC(=O)C(C)C(C)NCC1CN2CCCC2CO1. The van der Waals surface area contributed by atoms with E-state index in [1.807, 2.05) is 13.8 Å². The van der Waals surface area contributed by atoms with Gasteiger partial charge in [0.1, 0.15) is 0 Å². The van der Waals surface area contributed by atoms with E-state index in [9.17, 15) is 4.79 Å². The van der Waals surface area contributed by atoms with Crippen LogP contribution in [-0.2, 0) is 14.3 Å². The highest BCUT2D eigenvalue weighted by Crippen LogP contribution is 2.22. The third-order valence-electron chi connectivity index (χ3n) is 4.45. The minimum absolute atomic E-state index is 0.104. The average Bonchev–Trinajstić information content (AvgIpc) is 2.90. The Morgan fingerprint density at radius 3 is 3.05 bits per heavy atom. The van der Waals surface area contributed by atoms with Crippen molar-refractivity contribution in [2.45, 2.75) is 44.9 Å². The number of methoxy groups -OCH3 is 1. The molecule has 0 spiro atoms. The van der Waals surface area contributed by atoms with Gasteiger partial charge in [-0.25, -0.2) is 0 Å². The van der Waals surface area contributed by atoms with Gasteiger partial charge in [-0.1, -0.05) is 6.92 Å². The number of nitrogens with zero attached hydrogens (tertiary/aromatic N) is 1. The van der Waals surface area contributed by atoms with Gasteiger partial charge < -0.3 is 14.8 Å². The molecule has 0 aromatic heterocycles. The molecule has 0 saturated carbocycles. The molecule has 4 unspecified atom stereocenters. The van der Waals surface area contributed by atoms with Gasteiger partial charge in [0, 0.05) is 25.2 Å². The summed E-state index contributed by atoms with van der Waals surface area (Å²) in [6.45, 7) is 7.78. The maximum atomic E-state index is 11.5. The van der Waals surface area contributed by atoms with Gasteiger partial charge in [0.25, 0.3) is 0 Å². The molecule has 110 valence electrons. The summed E-state index contributed by atoms with van der Waals surface area (Å²) in [4.78, 5) is 14.0. The Morgan fingerprint density at radius 1 is 1.53 bits per heavy atom. The predicted molar refractivity (Wildman–Crippen MR) is 73.0 cm³/mol. The van der Waals surface area contributed by atoms with Crippen molar-refractivity contribution < 1.29 is 14.3 Å². The molecule has 19 heavy (non-hydrogen) atoms. The first-order valence-corrected chi connectivity index (χ1v) is 7.28. The van der Waals surface area contributed by atoms with Crippen molar-refractivity contribution in [3.05, 3.63) is 0 Å². The van der Waals surface area contributed by atoms with Crippen LogP contribution in [0.5, 0.6) is 0 Å². The first kappa shape index (κ1) is 14.8. The van der Waals surface area contributed by atoms with E-state index in [4.69, 9.17) is 9.47 Å². The maximum Gasteiger partial charge on any atom is 0.309 e. The first-order chi connectivity index (χ1) is 9.11. The van der Waals surface area contributed by atoms with Crippen molar-refractivity contribution in [2.75, 3.05) is 33.4 Å². The van der Waals surface area contributed by atoms with Crippen molar-refractivity contribution in [1.82, 2.24) is 10.2 Å². The van der Waals surface area contributed by atoms with E-state index < -0.39 is 0 Å². The van der Waals surface area contributed by atoms with Crippen LogP contribution in [0.2, 0.25) is 0 Å². The predicted octanol–water partition coefficient (Wildman–Crippen LogP) is 0.637. The van der Waals surface area contributed by atoms with Crippen LogP contribution in [-0.4, -0.2) is 62.4 Å². The Labute approximate surface area is 115 Å². The van der Waals surface area contributed by atoms with Gasteiger partial charge in [0.2, 0.25) is 0 Å². The molecule has 0 bridgehead atoms. The molecule has 0 aliphatic carbocycles. The van der Waals surface area contributed by atoms with Crippen LogP contribution < -0.4 is 5.32 Å². The molecule has 2 rings (SSSR count). The van der Waals surface area contributed by atoms with E-state index in [1.54, 1.807) is 0 Å². The fourth-order valence-electron chi connectivity index (χ4n) is 2.89. The molecule has 2 aliphatic rings. The lowest BCUT2D eigenvalue weighted by molar-refractivity contribution is -0.145. The van der Waals surface area contributed by atoms with Gasteiger partial charge in [0.15, 0.2) is 0 Å². The van der Waals surface area contributed by atoms with Crippen LogP contribution in [0.3, 0.4) is 0 Å². The fourth-order valence-corrected chi connectivity index (χ4v) is 2.89. The van der Waals surface area contributed by atoms with E-state index >= 15 is 0 Å². The summed E-state index contributed by atoms with van der Waals surface area (Å²) in [7, 11) is 1.43. The molecule has 0 radical (unpaired) electrons. The van der Waals surface area contributed by atoms with E-state index in [0.717, 1.165) is 19.7 Å². The summed E-state index contributed by atoms with van der Waals surface area (Å²) in [6.07, 6.45) is 2.81. The Kier molecular flexibility index (Phi) is 5.19. The lowest BCUT2D eigenvalue weighted by Crippen LogP contribution is -2.51. The molecule has 2 aliphatic heterocycles. The highest BCUT2D eigenvalue weighted by Gasteiger charge is 2.32. The number of nitrogens with one attached hydrogen (secondary N) is 1. The highest BCUT2D eigenvalue weighted by molar-refractivity contribution is 5.72. The Balaban J connectivity index is 1.72. The second-order valence-electron chi connectivity index (χ2n) is 5.76. The number of rotatable bonds is 5. The van der Waals surface area contributed by atoms with Gasteiger partial charge in [-0.3, -0.25) is 9.69 Å². The molecular weight excluding hydrogens is 244 g/mol. The summed E-state index contributed by atoms with van der Waals surface area (Å²) in [5, 5.41) is 3.39. The van der Waals surface area contributed by atoms with Crippen LogP contribution in [0.25, 0.3) is 0 Å². The number of morpholine rings is 1. The molecule has 2 heterocycles. The molecule has 1 N–H and O–H groups in total. The normalized spacial score (nSPS) is 30.7. The molecule has 0 amide bonds. The van der Waals surface area contributed by atoms with Crippen molar-refractivity contribution >= 4 is 5.97 Å². The topological polar surface area (TPSA) is 50.8 Å². The van der Waals surface area contributed by atoms with Gasteiger partial charge in [0.05, 0.1) is 25.7 Å². The minimum Gasteiger partial charge on any atom is -0.469 e. The zero-order valence-corrected chi connectivity index (χ0v) is 12.2. The van der Waals surface area contributed by atoms with Crippen molar-refractivity contribution in [1.29, 1.82) is 0 Å². The number of hydrogen-bond donors (Lipinski definition) is 1. The van der Waals surface area contributed by atoms with Crippen molar-refractivity contribution in [2.24, 2.45) is 5.92 Å². The van der Waals surface area contributed by atoms with E-state index in [-0.39, 0.29) is 24.0 Å². The van der Waals surface area contributed by atoms with Crippen molar-refractivity contribution in [3.8, 4) is 0 Å². The Hall–Kier alpha value is -0.650. The number of carbonyl (C=O) groups is 1. The summed E-state index contributed by atoms with van der Waals surface area (Å²) < 4.78 is 10.7. The smallest absolute Gasteiger partial charge is 0.309 e. The summed E-state index contributed by atoms with van der Waals surface area (Å²) in [5.41, 5.74) is 0. The highest BCUT2D eigenvalue weighted by atomic mass is 16.5. The first-order valence-electron chi connectivity index (χ1n) is 7.28. The maximum absolute atomic E-state index is 11.5. The lowest BCUT2D eigenvalue weighted by Gasteiger charge is -2.36. The number of carbonyl (C=O) groups excluding carboxylic acids is 1. The number of fused-ring (bicyclic) bond motifs is 1. The zero-order valence-electron chi connectivity index (χ0n) is 12.2. The molecule has 5 heteroatoms. The fraction of sp³-hybridized carbons (Fsp3) is 0.929. The van der Waals surface area contributed by atoms with Crippen LogP contribution in [0.4, 0.5) is 0 Å². The van der Waals surface area contributed by atoms with Gasteiger partial charge >= 0.3 is 5.97 Å². The second kappa shape index (κ2) is 6.68. The van der Waals surface area contributed by atoms with E-state index in [2.05, 4.69) is 10.2 Å². The standard InChI is InChI=1S/C14H26N2O3/c1-10(14(17)18-3)11(2)15-7-13-8-16-6-4-5-12(16)9-19-13/h10-13,15H,4-9H2,1-3H3. The number of hydrogen-bond acceptors (Lipinski definition) is 5. The largest absolute Gasteiger partial charge is 0.469 e. The van der Waals surface area contributed by atoms with E-state index in [0.29, 0.717) is 6.04 Å². The molecular formula is C14H26N2O3. The average molecular weight is 270 g/mol. The summed E-state index contributed by atoms with van der Waals surface area (Å²) >= 11 is 0. The van der Waals surface area contributed by atoms with Crippen molar-refractivity contribution in [3.63, 3.8) is 0 Å². The molecule has 4 atom stereocenters. The summed E-state index contributed by atoms with van der Waals surface area (Å²) in [6, 6.07) is 0.745. The van der Waals surface area contributed by atoms with Gasteiger partial charge in [-0.2, -0.15) is 0 Å². The zero-order chi connectivity index (χ0) is 13.8. The number of ether oxygens (including phenoxy) is 2. The molecule has 2 saturated heterocycles. The van der Waals surface area contributed by atoms with Crippen LogP contribution >= 0.6 is 0 Å². The third kappa shape index (κ3) is 3.68. The monoisotopic (exact) mass is 270 g/mol. The minimum atomic E-state index is -0.163. The Morgan fingerprint density at radius 2 is 2.32 bits per heavy atom. The van der Waals surface area contributed by atoms with Gasteiger partial charge in [-0.05, 0) is 26.3 Å².